The number of amides is 3. The summed E-state index contributed by atoms with van der Waals surface area (Å²) in [6, 6.07) is 22.0. The highest BCUT2D eigenvalue weighted by atomic mass is 16.3. The van der Waals surface area contributed by atoms with Crippen LogP contribution in [0.25, 0.3) is 0 Å². The molecule has 0 unspecified atom stereocenters. The first kappa shape index (κ1) is 27.7. The van der Waals surface area contributed by atoms with E-state index in [4.69, 9.17) is 17.2 Å². The summed E-state index contributed by atoms with van der Waals surface area (Å²) in [4.78, 5) is 43.2. The summed E-state index contributed by atoms with van der Waals surface area (Å²) in [7, 11) is 0. The van der Waals surface area contributed by atoms with Crippen LogP contribution in [-0.2, 0) is 14.4 Å². The number of phenols is 1. The Morgan fingerprint density at radius 3 is 1.79 bits per heavy atom. The molecule has 198 valence electrons. The second-order valence-corrected chi connectivity index (χ2v) is 8.70. The Bertz CT molecular complexity index is 1210. The SMILES string of the molecule is NC(=O)[C@H](NC(=O)[C@@H](CCCN=C(N)N)NC(=O)C(c1ccccc1)c1ccccc1)c1ccc(O)cc1. The first-order valence-electron chi connectivity index (χ1n) is 12.1. The largest absolute Gasteiger partial charge is 0.508 e. The van der Waals surface area contributed by atoms with Crippen LogP contribution in [0.4, 0.5) is 0 Å². The molecule has 10 heteroatoms. The summed E-state index contributed by atoms with van der Waals surface area (Å²) in [6.45, 7) is 0.250. The predicted molar refractivity (Wildman–Crippen MR) is 145 cm³/mol. The van der Waals surface area contributed by atoms with Crippen LogP contribution in [-0.4, -0.2) is 41.4 Å². The maximum absolute atomic E-state index is 13.6. The minimum Gasteiger partial charge on any atom is -0.508 e. The normalized spacial score (nSPS) is 12.2. The number of nitrogens with zero attached hydrogens (tertiary/aromatic N) is 1. The van der Waals surface area contributed by atoms with E-state index in [9.17, 15) is 19.5 Å². The molecule has 38 heavy (non-hydrogen) atoms. The van der Waals surface area contributed by atoms with Gasteiger partial charge in [-0.1, -0.05) is 72.8 Å². The number of hydrogen-bond donors (Lipinski definition) is 6. The van der Waals surface area contributed by atoms with Gasteiger partial charge >= 0.3 is 0 Å². The summed E-state index contributed by atoms with van der Waals surface area (Å²) >= 11 is 0. The zero-order chi connectivity index (χ0) is 27.5. The number of aliphatic imine (C=N–C) groups is 1. The molecule has 3 aromatic rings. The van der Waals surface area contributed by atoms with Crippen molar-refractivity contribution in [2.24, 2.45) is 22.2 Å². The molecule has 0 bridgehead atoms. The average molecular weight is 517 g/mol. The zero-order valence-corrected chi connectivity index (χ0v) is 20.8. The molecular formula is C28H32N6O4. The Kier molecular flexibility index (Phi) is 9.81. The second kappa shape index (κ2) is 13.4. The van der Waals surface area contributed by atoms with Crippen LogP contribution in [0.15, 0.2) is 89.9 Å². The van der Waals surface area contributed by atoms with Gasteiger partial charge in [-0.2, -0.15) is 0 Å². The first-order valence-corrected chi connectivity index (χ1v) is 12.1. The molecule has 0 radical (unpaired) electrons. The summed E-state index contributed by atoms with van der Waals surface area (Å²) in [5.41, 5.74) is 18.3. The Morgan fingerprint density at radius 2 is 1.29 bits per heavy atom. The number of benzene rings is 3. The molecule has 0 spiro atoms. The van der Waals surface area contributed by atoms with E-state index < -0.39 is 29.8 Å². The van der Waals surface area contributed by atoms with Crippen molar-refractivity contribution < 1.29 is 19.5 Å². The third-order valence-electron chi connectivity index (χ3n) is 5.90. The smallest absolute Gasteiger partial charge is 0.244 e. The molecule has 0 heterocycles. The van der Waals surface area contributed by atoms with Gasteiger partial charge in [0.15, 0.2) is 5.96 Å². The van der Waals surface area contributed by atoms with E-state index in [-0.39, 0.29) is 30.6 Å². The maximum atomic E-state index is 13.6. The monoisotopic (exact) mass is 516 g/mol. The van der Waals surface area contributed by atoms with Crippen LogP contribution in [0.2, 0.25) is 0 Å². The topological polar surface area (TPSA) is 186 Å². The average Bonchev–Trinajstić information content (AvgIpc) is 2.90. The number of nitrogens with two attached hydrogens (primary N) is 3. The van der Waals surface area contributed by atoms with E-state index in [1.54, 1.807) is 0 Å². The van der Waals surface area contributed by atoms with Crippen LogP contribution in [0.1, 0.15) is 41.5 Å². The Morgan fingerprint density at radius 1 is 0.737 bits per heavy atom. The standard InChI is InChI=1S/C28H32N6O4/c29-25(36)24(20-13-15-21(35)16-14-20)34-26(37)22(12-7-17-32-28(30)31)33-27(38)23(18-8-3-1-4-9-18)19-10-5-2-6-11-19/h1-6,8-11,13-16,22-24,35H,7,12,17H2,(H2,29,36)(H,33,38)(H,34,37)(H4,30,31,32)/t22-,24-/m1/s1. The highest BCUT2D eigenvalue weighted by molar-refractivity contribution is 5.94. The van der Waals surface area contributed by atoms with Crippen LogP contribution < -0.4 is 27.8 Å². The molecule has 0 aliphatic heterocycles. The molecule has 0 aliphatic carbocycles. The molecule has 0 aliphatic rings. The van der Waals surface area contributed by atoms with Gasteiger partial charge < -0.3 is 32.9 Å². The number of carbonyl (C=O) groups is 3. The summed E-state index contributed by atoms with van der Waals surface area (Å²) in [6.07, 6.45) is 0.587. The van der Waals surface area contributed by atoms with Crippen molar-refractivity contribution >= 4 is 23.7 Å². The molecule has 0 saturated heterocycles. The van der Waals surface area contributed by atoms with Gasteiger partial charge in [-0.25, -0.2) is 0 Å². The van der Waals surface area contributed by atoms with Gasteiger partial charge in [0, 0.05) is 6.54 Å². The number of nitrogens with one attached hydrogen (secondary N) is 2. The molecule has 3 rings (SSSR count). The fourth-order valence-corrected chi connectivity index (χ4v) is 4.04. The fourth-order valence-electron chi connectivity index (χ4n) is 4.04. The molecular weight excluding hydrogens is 484 g/mol. The van der Waals surface area contributed by atoms with Gasteiger partial charge in [0.2, 0.25) is 17.7 Å². The van der Waals surface area contributed by atoms with Crippen molar-refractivity contribution in [1.29, 1.82) is 0 Å². The molecule has 0 aromatic heterocycles. The lowest BCUT2D eigenvalue weighted by molar-refractivity contribution is -0.131. The van der Waals surface area contributed by atoms with E-state index in [1.165, 1.54) is 24.3 Å². The number of phenolic OH excluding ortho intramolecular Hbond substituents is 1. The van der Waals surface area contributed by atoms with Gasteiger partial charge in [-0.15, -0.1) is 0 Å². The molecule has 0 fully saturated rings. The second-order valence-electron chi connectivity index (χ2n) is 8.70. The van der Waals surface area contributed by atoms with Crippen LogP contribution in [0.5, 0.6) is 5.75 Å². The first-order chi connectivity index (χ1) is 18.3. The van der Waals surface area contributed by atoms with E-state index >= 15 is 0 Å². The minimum atomic E-state index is -1.17. The van der Waals surface area contributed by atoms with Crippen molar-refractivity contribution in [3.8, 4) is 5.75 Å². The Balaban J connectivity index is 1.86. The Hall–Kier alpha value is -4.86. The minimum absolute atomic E-state index is 0.000957. The number of carbonyl (C=O) groups excluding carboxylic acids is 3. The van der Waals surface area contributed by atoms with Crippen molar-refractivity contribution in [3.63, 3.8) is 0 Å². The fraction of sp³-hybridized carbons (Fsp3) is 0.214. The van der Waals surface area contributed by atoms with E-state index in [1.807, 2.05) is 60.7 Å². The number of primary amides is 1. The molecule has 2 atom stereocenters. The highest BCUT2D eigenvalue weighted by Crippen LogP contribution is 2.25. The highest BCUT2D eigenvalue weighted by Gasteiger charge is 2.30. The molecule has 3 amide bonds. The molecule has 0 saturated carbocycles. The number of hydrogen-bond acceptors (Lipinski definition) is 5. The van der Waals surface area contributed by atoms with E-state index in [0.717, 1.165) is 11.1 Å². The predicted octanol–water partition coefficient (Wildman–Crippen LogP) is 1.41. The summed E-state index contributed by atoms with van der Waals surface area (Å²) in [5.74, 6) is -2.52. The number of rotatable bonds is 12. The summed E-state index contributed by atoms with van der Waals surface area (Å²) < 4.78 is 0. The third-order valence-corrected chi connectivity index (χ3v) is 5.90. The molecule has 3 aromatic carbocycles. The lowest BCUT2D eigenvalue weighted by Gasteiger charge is -2.25. The summed E-state index contributed by atoms with van der Waals surface area (Å²) in [5, 5.41) is 15.0. The van der Waals surface area contributed by atoms with Gasteiger partial charge in [-0.05, 0) is 41.7 Å². The van der Waals surface area contributed by atoms with Crippen molar-refractivity contribution in [3.05, 3.63) is 102 Å². The molecule has 10 nitrogen and oxygen atoms in total. The van der Waals surface area contributed by atoms with Gasteiger partial charge in [0.1, 0.15) is 17.8 Å². The van der Waals surface area contributed by atoms with Gasteiger partial charge in [0.05, 0.1) is 5.92 Å². The zero-order valence-electron chi connectivity index (χ0n) is 20.8. The van der Waals surface area contributed by atoms with Crippen LogP contribution in [0.3, 0.4) is 0 Å². The quantitative estimate of drug-likeness (QED) is 0.120. The van der Waals surface area contributed by atoms with Crippen molar-refractivity contribution in [2.45, 2.75) is 30.8 Å². The van der Waals surface area contributed by atoms with E-state index in [0.29, 0.717) is 12.0 Å². The van der Waals surface area contributed by atoms with Gasteiger partial charge in [0.25, 0.3) is 0 Å². The van der Waals surface area contributed by atoms with Crippen LogP contribution >= 0.6 is 0 Å². The number of guanidine groups is 1. The number of aromatic hydroxyl groups is 1. The van der Waals surface area contributed by atoms with Crippen molar-refractivity contribution in [1.82, 2.24) is 10.6 Å². The van der Waals surface area contributed by atoms with E-state index in [2.05, 4.69) is 15.6 Å². The Labute approximate surface area is 220 Å². The molecule has 9 N–H and O–H groups in total. The lowest BCUT2D eigenvalue weighted by Crippen LogP contribution is -2.50. The third kappa shape index (κ3) is 7.82. The van der Waals surface area contributed by atoms with Crippen molar-refractivity contribution in [2.75, 3.05) is 6.54 Å². The van der Waals surface area contributed by atoms with Gasteiger partial charge in [-0.3, -0.25) is 19.4 Å². The lowest BCUT2D eigenvalue weighted by atomic mass is 9.90. The maximum Gasteiger partial charge on any atom is 0.244 e. The van der Waals surface area contributed by atoms with Crippen LogP contribution in [0, 0.1) is 0 Å².